The van der Waals surface area contributed by atoms with Gasteiger partial charge in [-0.05, 0) is 12.8 Å². The zero-order chi connectivity index (χ0) is 12.1. The summed E-state index contributed by atoms with van der Waals surface area (Å²) in [5.74, 6) is -0.929. The summed E-state index contributed by atoms with van der Waals surface area (Å²) in [7, 11) is 1.28. The molecule has 0 heterocycles. The Kier molecular flexibility index (Phi) is 4.39. The summed E-state index contributed by atoms with van der Waals surface area (Å²) >= 11 is 0. The van der Waals surface area contributed by atoms with E-state index in [9.17, 15) is 19.7 Å². The van der Waals surface area contributed by atoms with Gasteiger partial charge in [0.25, 0.3) is 0 Å². The molecule has 1 rings (SSSR count). The number of ether oxygens (including phenoxy) is 1. The average molecular weight is 229 g/mol. The third kappa shape index (κ3) is 3.60. The van der Waals surface area contributed by atoms with Gasteiger partial charge in [-0.1, -0.05) is 0 Å². The number of nitrogens with zero attached hydrogens (tertiary/aromatic N) is 1. The maximum atomic E-state index is 11.6. The molecule has 2 atom stereocenters. The lowest BCUT2D eigenvalue weighted by molar-refractivity contribution is -0.488. The topological polar surface area (TPSA) is 86.5 Å². The molecular formula is C10H15NO5. The summed E-state index contributed by atoms with van der Waals surface area (Å²) in [6, 6.07) is 0. The normalized spacial score (nSPS) is 25.2. The minimum absolute atomic E-state index is 0.0523. The monoisotopic (exact) mass is 229 g/mol. The van der Waals surface area contributed by atoms with Crippen molar-refractivity contribution in [1.82, 2.24) is 0 Å². The van der Waals surface area contributed by atoms with Gasteiger partial charge < -0.3 is 4.74 Å². The molecule has 0 unspecified atom stereocenters. The smallest absolute Gasteiger partial charge is 0.306 e. The molecular weight excluding hydrogens is 214 g/mol. The van der Waals surface area contributed by atoms with Crippen LogP contribution in [0.1, 0.15) is 25.7 Å². The van der Waals surface area contributed by atoms with Gasteiger partial charge >= 0.3 is 5.97 Å². The van der Waals surface area contributed by atoms with Crippen LogP contribution in [0.2, 0.25) is 0 Å². The first-order valence-electron chi connectivity index (χ1n) is 5.24. The predicted molar refractivity (Wildman–Crippen MR) is 54.3 cm³/mol. The highest BCUT2D eigenvalue weighted by Crippen LogP contribution is 2.28. The van der Waals surface area contributed by atoms with Gasteiger partial charge in [-0.25, -0.2) is 0 Å². The van der Waals surface area contributed by atoms with Crippen molar-refractivity contribution in [2.75, 3.05) is 13.7 Å². The molecule has 0 N–H and O–H groups in total. The molecule has 0 aromatic carbocycles. The van der Waals surface area contributed by atoms with E-state index in [1.807, 2.05) is 0 Å². The second-order valence-corrected chi connectivity index (χ2v) is 4.11. The van der Waals surface area contributed by atoms with Crippen molar-refractivity contribution >= 4 is 11.8 Å². The quantitative estimate of drug-likeness (QED) is 0.404. The highest BCUT2D eigenvalue weighted by atomic mass is 16.6. The molecule has 0 saturated heterocycles. The van der Waals surface area contributed by atoms with Crippen molar-refractivity contribution in [3.63, 3.8) is 0 Å². The summed E-state index contributed by atoms with van der Waals surface area (Å²) in [4.78, 5) is 32.5. The van der Waals surface area contributed by atoms with Crippen LogP contribution in [0.3, 0.4) is 0 Å². The minimum Gasteiger partial charge on any atom is -0.469 e. The Morgan fingerprint density at radius 3 is 2.75 bits per heavy atom. The van der Waals surface area contributed by atoms with E-state index in [-0.39, 0.29) is 37.0 Å². The number of methoxy groups -OCH3 is 1. The second kappa shape index (κ2) is 5.58. The zero-order valence-electron chi connectivity index (χ0n) is 9.18. The van der Waals surface area contributed by atoms with Crippen molar-refractivity contribution in [2.45, 2.75) is 25.7 Å². The third-order valence-corrected chi connectivity index (χ3v) is 2.92. The maximum Gasteiger partial charge on any atom is 0.306 e. The Hall–Kier alpha value is -1.46. The molecule has 1 aliphatic carbocycles. The maximum absolute atomic E-state index is 11.6. The molecule has 0 aliphatic heterocycles. The molecule has 0 spiro atoms. The summed E-state index contributed by atoms with van der Waals surface area (Å²) in [6.07, 6.45) is 1.49. The number of nitro groups is 1. The fraction of sp³-hybridized carbons (Fsp3) is 0.800. The number of Topliss-reactive ketones (excluding diaryl/α,β-unsaturated/α-hetero) is 1. The molecule has 1 aliphatic rings. The molecule has 0 aromatic rings. The fourth-order valence-corrected chi connectivity index (χ4v) is 2.02. The first-order valence-corrected chi connectivity index (χ1v) is 5.24. The van der Waals surface area contributed by atoms with Crippen molar-refractivity contribution in [3.05, 3.63) is 10.1 Å². The Balaban J connectivity index is 2.43. The molecule has 0 radical (unpaired) electrons. The number of carbonyl (C=O) groups is 2. The molecule has 1 saturated carbocycles. The lowest BCUT2D eigenvalue weighted by atomic mass is 9.79. The van der Waals surface area contributed by atoms with E-state index in [0.717, 1.165) is 0 Å². The molecule has 0 bridgehead atoms. The van der Waals surface area contributed by atoms with E-state index >= 15 is 0 Å². The Bertz CT molecular complexity index is 302. The van der Waals surface area contributed by atoms with Gasteiger partial charge in [-0.15, -0.1) is 0 Å². The molecule has 6 heteroatoms. The van der Waals surface area contributed by atoms with Gasteiger partial charge in [-0.3, -0.25) is 19.7 Å². The average Bonchev–Trinajstić information content (AvgIpc) is 2.21. The highest BCUT2D eigenvalue weighted by Gasteiger charge is 2.32. The van der Waals surface area contributed by atoms with Crippen LogP contribution < -0.4 is 0 Å². The largest absolute Gasteiger partial charge is 0.469 e. The van der Waals surface area contributed by atoms with E-state index in [2.05, 4.69) is 4.74 Å². The van der Waals surface area contributed by atoms with Gasteiger partial charge in [-0.2, -0.15) is 0 Å². The summed E-state index contributed by atoms with van der Waals surface area (Å²) in [6.45, 7) is -0.156. The van der Waals surface area contributed by atoms with E-state index in [4.69, 9.17) is 0 Å². The van der Waals surface area contributed by atoms with Gasteiger partial charge in [0.1, 0.15) is 5.78 Å². The SMILES string of the molecule is COC(=O)C[C@H]1CC[C@@H](C[N+](=O)[O-])CC1=O. The minimum atomic E-state index is -0.397. The van der Waals surface area contributed by atoms with Crippen molar-refractivity contribution in [3.8, 4) is 0 Å². The van der Waals surface area contributed by atoms with E-state index in [1.54, 1.807) is 0 Å². The van der Waals surface area contributed by atoms with Crippen LogP contribution in [0.15, 0.2) is 0 Å². The number of ketones is 1. The fourth-order valence-electron chi connectivity index (χ4n) is 2.02. The van der Waals surface area contributed by atoms with Crippen LogP contribution >= 0.6 is 0 Å². The van der Waals surface area contributed by atoms with Gasteiger partial charge in [0.2, 0.25) is 6.54 Å². The summed E-state index contributed by atoms with van der Waals surface area (Å²) in [5, 5.41) is 10.3. The molecule has 0 aromatic heterocycles. The molecule has 0 amide bonds. The molecule has 1 fully saturated rings. The van der Waals surface area contributed by atoms with Crippen LogP contribution in [-0.2, 0) is 14.3 Å². The first-order chi connectivity index (χ1) is 7.52. The van der Waals surface area contributed by atoms with Gasteiger partial charge in [0, 0.05) is 23.2 Å². The third-order valence-electron chi connectivity index (χ3n) is 2.92. The van der Waals surface area contributed by atoms with Crippen molar-refractivity contribution in [2.24, 2.45) is 11.8 Å². The number of carbonyl (C=O) groups excluding carboxylic acids is 2. The van der Waals surface area contributed by atoms with E-state index in [1.165, 1.54) is 7.11 Å². The number of hydrogen-bond acceptors (Lipinski definition) is 5. The second-order valence-electron chi connectivity index (χ2n) is 4.11. The van der Waals surface area contributed by atoms with Crippen LogP contribution in [0.4, 0.5) is 0 Å². The lowest BCUT2D eigenvalue weighted by Crippen LogP contribution is -2.30. The lowest BCUT2D eigenvalue weighted by Gasteiger charge is -2.24. The van der Waals surface area contributed by atoms with Gasteiger partial charge in [0.05, 0.1) is 13.5 Å². The van der Waals surface area contributed by atoms with E-state index in [0.29, 0.717) is 12.8 Å². The van der Waals surface area contributed by atoms with Gasteiger partial charge in [0.15, 0.2) is 0 Å². The van der Waals surface area contributed by atoms with Crippen molar-refractivity contribution < 1.29 is 19.2 Å². The Morgan fingerprint density at radius 1 is 1.56 bits per heavy atom. The Labute approximate surface area is 93.1 Å². The molecule has 16 heavy (non-hydrogen) atoms. The summed E-state index contributed by atoms with van der Waals surface area (Å²) < 4.78 is 4.49. The Morgan fingerprint density at radius 2 is 2.25 bits per heavy atom. The number of rotatable bonds is 4. The number of esters is 1. The highest BCUT2D eigenvalue weighted by molar-refractivity contribution is 5.86. The summed E-state index contributed by atoms with van der Waals surface area (Å²) in [5.41, 5.74) is 0. The first kappa shape index (κ1) is 12.6. The standard InChI is InChI=1S/C10H15NO5/c1-16-10(13)5-8-3-2-7(4-9(8)12)6-11(14)15/h7-8H,2-6H2,1H3/t7-,8-/m1/s1. The van der Waals surface area contributed by atoms with E-state index < -0.39 is 10.9 Å². The van der Waals surface area contributed by atoms with Crippen LogP contribution in [0, 0.1) is 22.0 Å². The van der Waals surface area contributed by atoms with Crippen LogP contribution in [-0.4, -0.2) is 30.3 Å². The van der Waals surface area contributed by atoms with Crippen LogP contribution in [0.5, 0.6) is 0 Å². The molecule has 6 nitrogen and oxygen atoms in total. The van der Waals surface area contributed by atoms with Crippen molar-refractivity contribution in [1.29, 1.82) is 0 Å². The van der Waals surface area contributed by atoms with Crippen LogP contribution in [0.25, 0.3) is 0 Å². The molecule has 90 valence electrons. The zero-order valence-corrected chi connectivity index (χ0v) is 9.18. The number of hydrogen-bond donors (Lipinski definition) is 0. The predicted octanol–water partition coefficient (Wildman–Crippen LogP) is 0.812.